The van der Waals surface area contributed by atoms with Crippen LogP contribution >= 0.6 is 15.9 Å². The van der Waals surface area contributed by atoms with Gasteiger partial charge in [-0.1, -0.05) is 21.1 Å². The van der Waals surface area contributed by atoms with Gasteiger partial charge in [0.05, 0.1) is 18.0 Å². The molecular weight excluding hydrogens is 317 g/mol. The van der Waals surface area contributed by atoms with Crippen LogP contribution in [0.25, 0.3) is 11.4 Å². The summed E-state index contributed by atoms with van der Waals surface area (Å²) in [6.45, 7) is 0. The third kappa shape index (κ3) is 2.07. The van der Waals surface area contributed by atoms with Gasteiger partial charge in [0.1, 0.15) is 0 Å². The van der Waals surface area contributed by atoms with Crippen LogP contribution in [0, 0.1) is 17.5 Å². The van der Waals surface area contributed by atoms with Crippen LogP contribution in [0.2, 0.25) is 0 Å². The molecule has 0 aliphatic rings. The van der Waals surface area contributed by atoms with Crippen molar-refractivity contribution >= 4 is 15.9 Å². The van der Waals surface area contributed by atoms with Gasteiger partial charge >= 0.3 is 0 Å². The maximum atomic E-state index is 13.5. The summed E-state index contributed by atoms with van der Waals surface area (Å²) < 4.78 is 49.1. The Kier molecular flexibility index (Phi) is 3.55. The second-order valence-electron chi connectivity index (χ2n) is 3.21. The lowest BCUT2D eigenvalue weighted by Gasteiger charge is -2.07. The molecule has 0 bridgehead atoms. The van der Waals surface area contributed by atoms with Gasteiger partial charge in [-0.3, -0.25) is 0 Å². The number of methoxy groups -OCH3 is 1. The van der Waals surface area contributed by atoms with Crippen LogP contribution in [-0.4, -0.2) is 17.3 Å². The molecule has 0 unspecified atom stereocenters. The van der Waals surface area contributed by atoms with Crippen molar-refractivity contribution in [3.8, 4) is 17.1 Å². The molecule has 0 N–H and O–H groups in total. The van der Waals surface area contributed by atoms with Crippen LogP contribution in [0.5, 0.6) is 5.75 Å². The van der Waals surface area contributed by atoms with Crippen LogP contribution in [0.4, 0.5) is 13.2 Å². The molecule has 1 heterocycles. The Bertz CT molecular complexity index is 589. The lowest BCUT2D eigenvalue weighted by atomic mass is 10.1. The second-order valence-corrected chi connectivity index (χ2v) is 3.77. The van der Waals surface area contributed by atoms with E-state index >= 15 is 0 Å². The maximum absolute atomic E-state index is 13.5. The average Bonchev–Trinajstić information content (AvgIpc) is 2.84. The van der Waals surface area contributed by atoms with Gasteiger partial charge in [-0.25, -0.2) is 8.78 Å². The first kappa shape index (κ1) is 12.9. The zero-order valence-electron chi connectivity index (χ0n) is 9.01. The molecule has 2 aromatic rings. The molecule has 1 aromatic heterocycles. The molecule has 0 radical (unpaired) electrons. The first-order valence-electron chi connectivity index (χ1n) is 4.69. The topological polar surface area (TPSA) is 48.2 Å². The number of hydrogen-bond acceptors (Lipinski definition) is 4. The highest BCUT2D eigenvalue weighted by Gasteiger charge is 2.23. The molecule has 4 nitrogen and oxygen atoms in total. The van der Waals surface area contributed by atoms with Gasteiger partial charge in [0.15, 0.2) is 17.4 Å². The fourth-order valence-electron chi connectivity index (χ4n) is 1.36. The first-order chi connectivity index (χ1) is 8.58. The fraction of sp³-hybridized carbons (Fsp3) is 0.200. The maximum Gasteiger partial charge on any atom is 0.237 e. The van der Waals surface area contributed by atoms with E-state index in [1.807, 2.05) is 0 Å². The fourth-order valence-corrected chi connectivity index (χ4v) is 1.59. The number of hydrogen-bond donors (Lipinski definition) is 0. The summed E-state index contributed by atoms with van der Waals surface area (Å²) in [6.07, 6.45) is 0. The number of nitrogens with zero attached hydrogens (tertiary/aromatic N) is 2. The monoisotopic (exact) mass is 322 g/mol. The summed E-state index contributed by atoms with van der Waals surface area (Å²) in [6, 6.07) is 0.750. The van der Waals surface area contributed by atoms with E-state index in [2.05, 4.69) is 26.1 Å². The smallest absolute Gasteiger partial charge is 0.237 e. The minimum atomic E-state index is -1.61. The molecule has 0 saturated carbocycles. The van der Waals surface area contributed by atoms with E-state index in [1.54, 1.807) is 0 Å². The molecule has 8 heteroatoms. The Labute approximate surface area is 108 Å². The summed E-state index contributed by atoms with van der Waals surface area (Å²) in [5.74, 6) is -4.74. The molecule has 0 atom stereocenters. The molecule has 2 rings (SSSR count). The molecular formula is C10H6BrF3N2O2. The van der Waals surface area contributed by atoms with E-state index in [0.29, 0.717) is 0 Å². The predicted molar refractivity (Wildman–Crippen MR) is 58.8 cm³/mol. The minimum Gasteiger partial charge on any atom is -0.493 e. The van der Waals surface area contributed by atoms with Gasteiger partial charge in [0.25, 0.3) is 0 Å². The third-order valence-corrected chi connectivity index (χ3v) is 2.62. The van der Waals surface area contributed by atoms with Crippen molar-refractivity contribution in [1.82, 2.24) is 10.1 Å². The van der Waals surface area contributed by atoms with Gasteiger partial charge < -0.3 is 9.26 Å². The van der Waals surface area contributed by atoms with Crippen molar-refractivity contribution in [2.24, 2.45) is 0 Å². The molecule has 0 aliphatic carbocycles. The molecule has 1 aromatic carbocycles. The zero-order chi connectivity index (χ0) is 13.3. The van der Waals surface area contributed by atoms with Gasteiger partial charge in [-0.15, -0.1) is 0 Å². The second kappa shape index (κ2) is 4.97. The van der Waals surface area contributed by atoms with E-state index in [9.17, 15) is 13.2 Å². The third-order valence-electron chi connectivity index (χ3n) is 2.14. The Balaban J connectivity index is 2.63. The van der Waals surface area contributed by atoms with E-state index in [0.717, 1.165) is 13.2 Å². The Morgan fingerprint density at radius 3 is 2.61 bits per heavy atom. The largest absolute Gasteiger partial charge is 0.493 e. The lowest BCUT2D eigenvalue weighted by molar-refractivity contribution is 0.361. The number of ether oxygens (including phenoxy) is 1. The van der Waals surface area contributed by atoms with E-state index < -0.39 is 23.2 Å². The summed E-state index contributed by atoms with van der Waals surface area (Å²) in [4.78, 5) is 3.86. The van der Waals surface area contributed by atoms with E-state index in [4.69, 9.17) is 9.26 Å². The molecule has 0 saturated heterocycles. The SMILES string of the molecule is COc1c(-c2noc(CBr)n2)cc(F)c(F)c1F. The highest BCUT2D eigenvalue weighted by Crippen LogP contribution is 2.33. The predicted octanol–water partition coefficient (Wildman–Crippen LogP) is 3.06. The summed E-state index contributed by atoms with van der Waals surface area (Å²) in [5.41, 5.74) is -0.121. The molecule has 0 aliphatic heterocycles. The van der Waals surface area contributed by atoms with Crippen molar-refractivity contribution in [3.05, 3.63) is 29.4 Å². The van der Waals surface area contributed by atoms with Crippen LogP contribution < -0.4 is 4.74 Å². The van der Waals surface area contributed by atoms with Gasteiger partial charge in [0.2, 0.25) is 17.5 Å². The van der Waals surface area contributed by atoms with Gasteiger partial charge in [0, 0.05) is 0 Å². The van der Waals surface area contributed by atoms with Crippen molar-refractivity contribution < 1.29 is 22.4 Å². The van der Waals surface area contributed by atoms with E-state index in [1.165, 1.54) is 0 Å². The molecule has 0 amide bonds. The summed E-state index contributed by atoms with van der Waals surface area (Å²) in [5, 5.41) is 3.81. The number of alkyl halides is 1. The zero-order valence-corrected chi connectivity index (χ0v) is 10.6. The molecule has 0 spiro atoms. The quantitative estimate of drug-likeness (QED) is 0.643. The van der Waals surface area contributed by atoms with Crippen molar-refractivity contribution in [1.29, 1.82) is 0 Å². The van der Waals surface area contributed by atoms with Gasteiger partial charge in [-0.2, -0.15) is 9.37 Å². The minimum absolute atomic E-state index is 0.0842. The highest BCUT2D eigenvalue weighted by molar-refractivity contribution is 9.08. The number of halogens is 4. The molecule has 96 valence electrons. The Morgan fingerprint density at radius 1 is 1.33 bits per heavy atom. The van der Waals surface area contributed by atoms with Crippen LogP contribution in [0.15, 0.2) is 10.6 Å². The number of aromatic nitrogens is 2. The van der Waals surface area contributed by atoms with Gasteiger partial charge in [-0.05, 0) is 6.07 Å². The summed E-state index contributed by atoms with van der Waals surface area (Å²) >= 11 is 3.08. The van der Waals surface area contributed by atoms with Crippen molar-refractivity contribution in [2.45, 2.75) is 5.33 Å². The van der Waals surface area contributed by atoms with Crippen LogP contribution in [0.1, 0.15) is 5.89 Å². The first-order valence-corrected chi connectivity index (χ1v) is 5.81. The van der Waals surface area contributed by atoms with Crippen molar-refractivity contribution in [2.75, 3.05) is 7.11 Å². The normalized spacial score (nSPS) is 10.7. The summed E-state index contributed by atoms with van der Waals surface area (Å²) in [7, 11) is 1.13. The van der Waals surface area contributed by atoms with Crippen molar-refractivity contribution in [3.63, 3.8) is 0 Å². The van der Waals surface area contributed by atoms with E-state index in [-0.39, 0.29) is 22.6 Å². The standard InChI is InChI=1S/C10H6BrF3N2O2/c1-17-9-4(2-5(12)7(13)8(9)14)10-15-6(3-11)18-16-10/h2H,3H2,1H3. The Morgan fingerprint density at radius 2 is 2.06 bits per heavy atom. The molecule has 18 heavy (non-hydrogen) atoms. The average molecular weight is 323 g/mol. The highest BCUT2D eigenvalue weighted by atomic mass is 79.9. The molecule has 0 fully saturated rings. The lowest BCUT2D eigenvalue weighted by Crippen LogP contribution is -1.99. The van der Waals surface area contributed by atoms with Crippen LogP contribution in [0.3, 0.4) is 0 Å². The number of rotatable bonds is 3. The Hall–Kier alpha value is -1.57. The van der Waals surface area contributed by atoms with Crippen LogP contribution in [-0.2, 0) is 5.33 Å². The number of benzene rings is 1.